The number of carbonyl (C=O) groups excluding carboxylic acids is 1. The van der Waals surface area contributed by atoms with Crippen molar-refractivity contribution in [3.8, 4) is 5.75 Å². The van der Waals surface area contributed by atoms with Crippen molar-refractivity contribution in [1.29, 1.82) is 0 Å². The van der Waals surface area contributed by atoms with Crippen LogP contribution in [0.3, 0.4) is 0 Å². The third kappa shape index (κ3) is 3.75. The van der Waals surface area contributed by atoms with Crippen LogP contribution in [0, 0.1) is 11.8 Å². The molecule has 2 nitrogen and oxygen atoms in total. The first-order valence-electron chi connectivity index (χ1n) is 6.65. The first kappa shape index (κ1) is 14.0. The van der Waals surface area contributed by atoms with Crippen LogP contribution in [-0.2, 0) is 0 Å². The van der Waals surface area contributed by atoms with E-state index in [9.17, 15) is 13.6 Å². The van der Waals surface area contributed by atoms with Crippen LogP contribution in [0.25, 0.3) is 0 Å². The Morgan fingerprint density at radius 1 is 1.37 bits per heavy atom. The lowest BCUT2D eigenvalue weighted by atomic mass is 9.79. The summed E-state index contributed by atoms with van der Waals surface area (Å²) in [6.45, 7) is -0.712. The van der Waals surface area contributed by atoms with Crippen LogP contribution in [0.1, 0.15) is 43.0 Å². The van der Waals surface area contributed by atoms with Crippen LogP contribution in [0.4, 0.5) is 8.78 Å². The molecule has 0 N–H and O–H groups in total. The van der Waals surface area contributed by atoms with Gasteiger partial charge in [0.25, 0.3) is 0 Å². The van der Waals surface area contributed by atoms with Crippen molar-refractivity contribution in [1.82, 2.24) is 0 Å². The first-order valence-corrected chi connectivity index (χ1v) is 6.65. The zero-order chi connectivity index (χ0) is 13.8. The number of ketones is 1. The molecule has 1 saturated carbocycles. The van der Waals surface area contributed by atoms with E-state index in [0.717, 1.165) is 25.7 Å². The number of ether oxygens (including phenoxy) is 1. The average molecular weight is 268 g/mol. The second kappa shape index (κ2) is 6.13. The van der Waals surface area contributed by atoms with E-state index < -0.39 is 6.61 Å². The predicted octanol–water partition coefficient (Wildman–Crippen LogP) is 4.30. The van der Waals surface area contributed by atoms with E-state index in [4.69, 9.17) is 0 Å². The zero-order valence-corrected chi connectivity index (χ0v) is 10.9. The molecule has 1 fully saturated rings. The summed E-state index contributed by atoms with van der Waals surface area (Å²) < 4.78 is 28.6. The third-order valence-corrected chi connectivity index (χ3v) is 3.65. The highest BCUT2D eigenvalue weighted by Gasteiger charge is 2.26. The van der Waals surface area contributed by atoms with Crippen molar-refractivity contribution in [3.05, 3.63) is 29.8 Å². The lowest BCUT2D eigenvalue weighted by Gasteiger charge is -2.25. The predicted molar refractivity (Wildman–Crippen MR) is 68.5 cm³/mol. The van der Waals surface area contributed by atoms with Crippen molar-refractivity contribution in [3.63, 3.8) is 0 Å². The van der Waals surface area contributed by atoms with Crippen LogP contribution in [0.5, 0.6) is 5.75 Å². The summed E-state index contributed by atoms with van der Waals surface area (Å²) in [6, 6.07) is 6.09. The fraction of sp³-hybridized carbons (Fsp3) is 0.533. The van der Waals surface area contributed by atoms with Gasteiger partial charge in [0.1, 0.15) is 5.75 Å². The fourth-order valence-electron chi connectivity index (χ4n) is 2.73. The summed E-state index contributed by atoms with van der Waals surface area (Å²) in [5.41, 5.74) is 0.470. The molecule has 4 heteroatoms. The maximum absolute atomic E-state index is 12.3. The minimum Gasteiger partial charge on any atom is -0.435 e. The van der Waals surface area contributed by atoms with E-state index in [2.05, 4.69) is 11.7 Å². The summed E-state index contributed by atoms with van der Waals surface area (Å²) in [5, 5.41) is 0. The van der Waals surface area contributed by atoms with Crippen LogP contribution in [0.2, 0.25) is 0 Å². The third-order valence-electron chi connectivity index (χ3n) is 3.65. The molecule has 0 radical (unpaired) electrons. The van der Waals surface area contributed by atoms with Crippen LogP contribution >= 0.6 is 0 Å². The van der Waals surface area contributed by atoms with Crippen molar-refractivity contribution >= 4 is 5.78 Å². The van der Waals surface area contributed by atoms with Crippen LogP contribution in [-0.4, -0.2) is 12.4 Å². The number of hydrogen-bond acceptors (Lipinski definition) is 2. The second-order valence-corrected chi connectivity index (χ2v) is 5.24. The first-order chi connectivity index (χ1) is 9.06. The van der Waals surface area contributed by atoms with E-state index in [1.165, 1.54) is 12.1 Å². The van der Waals surface area contributed by atoms with Crippen molar-refractivity contribution in [2.75, 3.05) is 0 Å². The number of Topliss-reactive ketones (excluding diaryl/α,β-unsaturated/α-hetero) is 1. The minimum atomic E-state index is -2.86. The van der Waals surface area contributed by atoms with Gasteiger partial charge in [-0.15, -0.1) is 0 Å². The van der Waals surface area contributed by atoms with Crippen molar-refractivity contribution in [2.24, 2.45) is 11.8 Å². The molecule has 0 aromatic heterocycles. The molecule has 1 aromatic carbocycles. The summed E-state index contributed by atoms with van der Waals surface area (Å²) in [6.07, 6.45) is 4.00. The molecule has 0 aliphatic heterocycles. The van der Waals surface area contributed by atoms with Gasteiger partial charge in [-0.3, -0.25) is 4.79 Å². The van der Waals surface area contributed by atoms with E-state index in [1.807, 2.05) is 0 Å². The van der Waals surface area contributed by atoms with Crippen LogP contribution in [0.15, 0.2) is 24.3 Å². The molecule has 0 bridgehead atoms. The van der Waals surface area contributed by atoms with Gasteiger partial charge in [0.2, 0.25) is 0 Å². The molecule has 1 aliphatic rings. The molecule has 0 amide bonds. The highest BCUT2D eigenvalue weighted by atomic mass is 19.3. The molecule has 0 spiro atoms. The minimum absolute atomic E-state index is 0.0190. The standard InChI is InChI=1S/C15H18F2O2/c1-10-4-2-5-11(8-10)14(18)12-6-3-7-13(9-12)19-15(16)17/h3,6-7,9-11,15H,2,4-5,8H2,1H3. The van der Waals surface area contributed by atoms with Crippen molar-refractivity contribution in [2.45, 2.75) is 39.2 Å². The Morgan fingerprint density at radius 3 is 2.84 bits per heavy atom. The molecule has 1 aromatic rings. The zero-order valence-electron chi connectivity index (χ0n) is 10.9. The Labute approximate surface area is 111 Å². The molecule has 2 atom stereocenters. The van der Waals surface area contributed by atoms with Crippen LogP contribution < -0.4 is 4.74 Å². The second-order valence-electron chi connectivity index (χ2n) is 5.24. The molecule has 2 unspecified atom stereocenters. The van der Waals surface area contributed by atoms with Gasteiger partial charge in [0, 0.05) is 11.5 Å². The largest absolute Gasteiger partial charge is 0.435 e. The fourth-order valence-corrected chi connectivity index (χ4v) is 2.73. The van der Waals surface area contributed by atoms with Gasteiger partial charge in [-0.25, -0.2) is 0 Å². The number of alkyl halides is 2. The molecular formula is C15H18F2O2. The summed E-state index contributed by atoms with van der Waals surface area (Å²) in [7, 11) is 0. The highest BCUT2D eigenvalue weighted by molar-refractivity contribution is 5.98. The molecule has 19 heavy (non-hydrogen) atoms. The Kier molecular flexibility index (Phi) is 4.51. The lowest BCUT2D eigenvalue weighted by molar-refractivity contribution is -0.0498. The van der Waals surface area contributed by atoms with E-state index in [1.54, 1.807) is 12.1 Å². The van der Waals surface area contributed by atoms with E-state index >= 15 is 0 Å². The molecular weight excluding hydrogens is 250 g/mol. The summed E-state index contributed by atoms with van der Waals surface area (Å²) in [5.74, 6) is 0.671. The summed E-state index contributed by atoms with van der Waals surface area (Å²) >= 11 is 0. The molecule has 0 saturated heterocycles. The monoisotopic (exact) mass is 268 g/mol. The number of carbonyl (C=O) groups is 1. The average Bonchev–Trinajstić information content (AvgIpc) is 2.37. The topological polar surface area (TPSA) is 26.3 Å². The Morgan fingerprint density at radius 2 is 2.16 bits per heavy atom. The number of rotatable bonds is 4. The molecule has 0 heterocycles. The number of hydrogen-bond donors (Lipinski definition) is 0. The number of halogens is 2. The van der Waals surface area contributed by atoms with Gasteiger partial charge in [0.15, 0.2) is 5.78 Å². The lowest BCUT2D eigenvalue weighted by Crippen LogP contribution is -2.21. The Balaban J connectivity index is 2.10. The quantitative estimate of drug-likeness (QED) is 0.761. The van der Waals surface area contributed by atoms with Crippen molar-refractivity contribution < 1.29 is 18.3 Å². The van der Waals surface area contributed by atoms with Gasteiger partial charge in [-0.05, 0) is 30.9 Å². The summed E-state index contributed by atoms with van der Waals surface area (Å²) in [4.78, 5) is 12.3. The molecule has 2 rings (SSSR count). The molecule has 104 valence electrons. The Bertz CT molecular complexity index is 446. The maximum Gasteiger partial charge on any atom is 0.387 e. The maximum atomic E-state index is 12.3. The highest BCUT2D eigenvalue weighted by Crippen LogP contribution is 2.31. The van der Waals surface area contributed by atoms with Gasteiger partial charge in [-0.1, -0.05) is 31.9 Å². The van der Waals surface area contributed by atoms with E-state index in [0.29, 0.717) is 11.5 Å². The van der Waals surface area contributed by atoms with Gasteiger partial charge >= 0.3 is 6.61 Å². The molecule has 1 aliphatic carbocycles. The normalized spacial score (nSPS) is 23.4. The Hall–Kier alpha value is -1.45. The van der Waals surface area contributed by atoms with Gasteiger partial charge < -0.3 is 4.74 Å². The van der Waals surface area contributed by atoms with E-state index in [-0.39, 0.29) is 17.5 Å². The van der Waals surface area contributed by atoms with Gasteiger partial charge in [0.05, 0.1) is 0 Å². The number of benzene rings is 1. The SMILES string of the molecule is CC1CCCC(C(=O)c2cccc(OC(F)F)c2)C1. The smallest absolute Gasteiger partial charge is 0.387 e. The van der Waals surface area contributed by atoms with Gasteiger partial charge in [-0.2, -0.15) is 8.78 Å².